The molecule has 0 bridgehead atoms. The lowest BCUT2D eigenvalue weighted by molar-refractivity contribution is -0.119. The van der Waals surface area contributed by atoms with Crippen molar-refractivity contribution in [2.24, 2.45) is 0 Å². The average molecular weight is 401 g/mol. The third-order valence-electron chi connectivity index (χ3n) is 3.45. The fourth-order valence-electron chi connectivity index (χ4n) is 2.19. The van der Waals surface area contributed by atoms with E-state index in [4.69, 9.17) is 23.2 Å². The average Bonchev–Trinajstić information content (AvgIpc) is 2.54. The van der Waals surface area contributed by atoms with Gasteiger partial charge in [0.15, 0.2) is 0 Å². The summed E-state index contributed by atoms with van der Waals surface area (Å²) in [5.74, 6) is -0.380. The molecule has 0 saturated carbocycles. The lowest BCUT2D eigenvalue weighted by Gasteiger charge is -2.22. The van der Waals surface area contributed by atoms with Gasteiger partial charge in [0, 0.05) is 16.6 Å². The van der Waals surface area contributed by atoms with Gasteiger partial charge >= 0.3 is 0 Å². The number of benzene rings is 2. The van der Waals surface area contributed by atoms with Crippen molar-refractivity contribution in [3.63, 3.8) is 0 Å². The highest BCUT2D eigenvalue weighted by Crippen LogP contribution is 2.20. The molecule has 25 heavy (non-hydrogen) atoms. The van der Waals surface area contributed by atoms with Crippen LogP contribution < -0.4 is 9.62 Å². The van der Waals surface area contributed by atoms with E-state index in [9.17, 15) is 13.2 Å². The quantitative estimate of drug-likeness (QED) is 0.775. The van der Waals surface area contributed by atoms with Gasteiger partial charge < -0.3 is 5.32 Å². The van der Waals surface area contributed by atoms with Crippen molar-refractivity contribution in [3.8, 4) is 0 Å². The van der Waals surface area contributed by atoms with E-state index in [1.165, 1.54) is 0 Å². The molecular weight excluding hydrogens is 383 g/mol. The number of anilines is 1. The molecule has 0 aliphatic rings. The number of nitrogens with zero attached hydrogens (tertiary/aromatic N) is 1. The Balaban J connectivity index is 1.95. The summed E-state index contributed by atoms with van der Waals surface area (Å²) < 4.78 is 25.0. The third kappa shape index (κ3) is 6.23. The number of amides is 1. The lowest BCUT2D eigenvalue weighted by Crippen LogP contribution is -2.40. The minimum Gasteiger partial charge on any atom is -0.354 e. The van der Waals surface area contributed by atoms with Crippen molar-refractivity contribution in [1.82, 2.24) is 5.32 Å². The predicted octanol–water partition coefficient (Wildman–Crippen LogP) is 3.12. The van der Waals surface area contributed by atoms with Crippen LogP contribution in [0.2, 0.25) is 10.0 Å². The zero-order chi connectivity index (χ0) is 18.4. The van der Waals surface area contributed by atoms with Crippen LogP contribution in [0.4, 0.5) is 5.69 Å². The number of carbonyl (C=O) groups excluding carboxylic acids is 1. The minimum absolute atomic E-state index is 0.291. The minimum atomic E-state index is -3.59. The van der Waals surface area contributed by atoms with E-state index in [0.29, 0.717) is 28.7 Å². The van der Waals surface area contributed by atoms with Crippen molar-refractivity contribution in [1.29, 1.82) is 0 Å². The molecule has 2 aromatic rings. The normalized spacial score (nSPS) is 11.2. The van der Waals surface area contributed by atoms with E-state index in [1.807, 2.05) is 12.1 Å². The molecule has 8 heteroatoms. The number of sulfonamides is 1. The molecule has 2 aromatic carbocycles. The molecule has 134 valence electrons. The van der Waals surface area contributed by atoms with Gasteiger partial charge in [-0.1, -0.05) is 35.3 Å². The van der Waals surface area contributed by atoms with Crippen LogP contribution in [0.15, 0.2) is 48.5 Å². The topological polar surface area (TPSA) is 66.5 Å². The molecule has 0 aliphatic carbocycles. The summed E-state index contributed by atoms with van der Waals surface area (Å²) in [6, 6.07) is 13.6. The van der Waals surface area contributed by atoms with E-state index >= 15 is 0 Å². The van der Waals surface area contributed by atoms with Gasteiger partial charge in [-0.15, -0.1) is 0 Å². The fourth-order valence-corrected chi connectivity index (χ4v) is 3.30. The maximum atomic E-state index is 12.1. The molecule has 1 amide bonds. The van der Waals surface area contributed by atoms with Crippen LogP contribution in [0, 0.1) is 0 Å². The van der Waals surface area contributed by atoms with Crippen LogP contribution in [0.25, 0.3) is 0 Å². The predicted molar refractivity (Wildman–Crippen MR) is 102 cm³/mol. The highest BCUT2D eigenvalue weighted by atomic mass is 35.5. The first kappa shape index (κ1) is 19.6. The summed E-state index contributed by atoms with van der Waals surface area (Å²) in [5, 5.41) is 3.87. The van der Waals surface area contributed by atoms with Crippen LogP contribution in [-0.4, -0.2) is 33.7 Å². The van der Waals surface area contributed by atoms with Crippen molar-refractivity contribution >= 4 is 44.8 Å². The molecule has 0 fully saturated rings. The standard InChI is InChI=1S/C17H18Cl2N2O3S/c1-25(23,24)21(16-8-6-15(19)7-9-16)12-17(22)20-11-10-13-2-4-14(18)5-3-13/h2-9H,10-12H2,1H3,(H,20,22). The second-order valence-corrected chi connectivity index (χ2v) is 8.25. The molecule has 5 nitrogen and oxygen atoms in total. The lowest BCUT2D eigenvalue weighted by atomic mass is 10.1. The summed E-state index contributed by atoms with van der Waals surface area (Å²) in [5.41, 5.74) is 1.42. The van der Waals surface area contributed by atoms with Gasteiger partial charge in [0.2, 0.25) is 15.9 Å². The monoisotopic (exact) mass is 400 g/mol. The maximum absolute atomic E-state index is 12.1. The van der Waals surface area contributed by atoms with Gasteiger partial charge in [-0.2, -0.15) is 0 Å². The van der Waals surface area contributed by atoms with E-state index in [1.54, 1.807) is 36.4 Å². The van der Waals surface area contributed by atoms with Gasteiger partial charge in [0.1, 0.15) is 6.54 Å². The second kappa shape index (κ2) is 8.56. The van der Waals surface area contributed by atoms with Crippen LogP contribution in [0.5, 0.6) is 0 Å². The molecule has 0 heterocycles. The Kier molecular flexibility index (Phi) is 6.70. The van der Waals surface area contributed by atoms with Crippen molar-refractivity contribution in [2.45, 2.75) is 6.42 Å². The number of carbonyl (C=O) groups is 1. The van der Waals surface area contributed by atoms with E-state index in [2.05, 4.69) is 5.32 Å². The Morgan fingerprint density at radius 3 is 2.04 bits per heavy atom. The number of halogens is 2. The molecule has 0 saturated heterocycles. The Morgan fingerprint density at radius 1 is 1.00 bits per heavy atom. The van der Waals surface area contributed by atoms with Crippen LogP contribution in [0.3, 0.4) is 0 Å². The number of hydrogen-bond donors (Lipinski definition) is 1. The molecule has 1 N–H and O–H groups in total. The first-order valence-corrected chi connectivity index (χ1v) is 10.1. The molecular formula is C17H18Cl2N2O3S. The third-order valence-corrected chi connectivity index (χ3v) is 5.10. The Labute approximate surface area is 157 Å². The zero-order valence-corrected chi connectivity index (χ0v) is 15.9. The maximum Gasteiger partial charge on any atom is 0.240 e. The SMILES string of the molecule is CS(=O)(=O)N(CC(=O)NCCc1ccc(Cl)cc1)c1ccc(Cl)cc1. The summed E-state index contributed by atoms with van der Waals surface area (Å²) >= 11 is 11.6. The smallest absolute Gasteiger partial charge is 0.240 e. The van der Waals surface area contributed by atoms with Gasteiger partial charge in [-0.05, 0) is 48.4 Å². The van der Waals surface area contributed by atoms with Crippen LogP contribution >= 0.6 is 23.2 Å². The summed E-state index contributed by atoms with van der Waals surface area (Å²) in [6.45, 7) is 0.111. The molecule has 0 spiro atoms. The first-order chi connectivity index (χ1) is 11.8. The van der Waals surface area contributed by atoms with Gasteiger partial charge in [-0.25, -0.2) is 8.42 Å². The van der Waals surface area contributed by atoms with E-state index in [0.717, 1.165) is 16.1 Å². The van der Waals surface area contributed by atoms with Gasteiger partial charge in [-0.3, -0.25) is 9.10 Å². The summed E-state index contributed by atoms with van der Waals surface area (Å²) in [6.07, 6.45) is 1.69. The highest BCUT2D eigenvalue weighted by Gasteiger charge is 2.20. The Bertz CT molecular complexity index is 822. The van der Waals surface area contributed by atoms with Crippen molar-refractivity contribution < 1.29 is 13.2 Å². The van der Waals surface area contributed by atoms with Gasteiger partial charge in [0.25, 0.3) is 0 Å². The van der Waals surface area contributed by atoms with E-state index in [-0.39, 0.29) is 12.5 Å². The summed E-state index contributed by atoms with van der Waals surface area (Å²) in [7, 11) is -3.59. The van der Waals surface area contributed by atoms with E-state index < -0.39 is 10.0 Å². The molecule has 2 rings (SSSR count). The molecule has 0 radical (unpaired) electrons. The Hall–Kier alpha value is -1.76. The van der Waals surface area contributed by atoms with Crippen LogP contribution in [-0.2, 0) is 21.2 Å². The first-order valence-electron chi connectivity index (χ1n) is 7.50. The molecule has 0 atom stereocenters. The van der Waals surface area contributed by atoms with Crippen molar-refractivity contribution in [3.05, 3.63) is 64.1 Å². The largest absolute Gasteiger partial charge is 0.354 e. The fraction of sp³-hybridized carbons (Fsp3) is 0.235. The molecule has 0 aliphatic heterocycles. The second-order valence-electron chi connectivity index (χ2n) is 5.47. The summed E-state index contributed by atoms with van der Waals surface area (Å²) in [4.78, 5) is 12.1. The highest BCUT2D eigenvalue weighted by molar-refractivity contribution is 7.92. The molecule has 0 unspecified atom stereocenters. The Morgan fingerprint density at radius 2 is 1.52 bits per heavy atom. The number of rotatable bonds is 7. The molecule has 0 aromatic heterocycles. The number of hydrogen-bond acceptors (Lipinski definition) is 3. The zero-order valence-electron chi connectivity index (χ0n) is 13.6. The number of nitrogens with one attached hydrogen (secondary N) is 1. The van der Waals surface area contributed by atoms with Crippen LogP contribution in [0.1, 0.15) is 5.56 Å². The van der Waals surface area contributed by atoms with Gasteiger partial charge in [0.05, 0.1) is 11.9 Å². The van der Waals surface area contributed by atoms with Crippen molar-refractivity contribution in [2.75, 3.05) is 23.7 Å².